The van der Waals surface area contributed by atoms with Gasteiger partial charge in [-0.15, -0.1) is 0 Å². The minimum absolute atomic E-state index is 0.00542. The second-order valence-electron chi connectivity index (χ2n) is 6.26. The number of rotatable bonds is 7. The number of benzene rings is 1. The first-order valence-electron chi connectivity index (χ1n) is 8.67. The largest absolute Gasteiger partial charge is 0.488 e. The molecular formula is C18H21NO9. The molecule has 1 fully saturated rings. The zero-order valence-electron chi connectivity index (χ0n) is 14.9. The molecule has 0 bridgehead atoms. The van der Waals surface area contributed by atoms with Crippen LogP contribution in [0.2, 0.25) is 0 Å². The predicted octanol–water partition coefficient (Wildman–Crippen LogP) is -1.40. The topological polar surface area (TPSA) is 155 Å². The molecule has 2 aromatic rings. The molecule has 0 unspecified atom stereocenters. The van der Waals surface area contributed by atoms with Crippen molar-refractivity contribution < 1.29 is 34.6 Å². The number of ether oxygens (including phenoxy) is 3. The number of nitrogens with one attached hydrogen (secondary N) is 1. The average Bonchev–Trinajstić information content (AvgIpc) is 2.71. The lowest BCUT2D eigenvalue weighted by Gasteiger charge is -2.39. The molecule has 28 heavy (non-hydrogen) atoms. The van der Waals surface area contributed by atoms with Gasteiger partial charge in [0.05, 0.1) is 13.2 Å². The summed E-state index contributed by atoms with van der Waals surface area (Å²) in [5.41, 5.74) is -0.763. The molecule has 0 spiro atoms. The molecule has 1 aliphatic heterocycles. The van der Waals surface area contributed by atoms with Crippen LogP contribution in [0.5, 0.6) is 11.5 Å². The van der Waals surface area contributed by atoms with Gasteiger partial charge in [0.2, 0.25) is 6.29 Å². The molecule has 0 aliphatic carbocycles. The van der Waals surface area contributed by atoms with Gasteiger partial charge in [0.15, 0.2) is 5.75 Å². The molecule has 5 N–H and O–H groups in total. The van der Waals surface area contributed by atoms with Crippen molar-refractivity contribution in [1.29, 1.82) is 0 Å². The van der Waals surface area contributed by atoms with E-state index < -0.39 is 48.2 Å². The quantitative estimate of drug-likeness (QED) is 0.354. The molecule has 1 aliphatic rings. The summed E-state index contributed by atoms with van der Waals surface area (Å²) in [5.74, 6) is 0.263. The van der Waals surface area contributed by atoms with Crippen LogP contribution in [-0.4, -0.2) is 64.3 Å². The van der Waals surface area contributed by atoms with Crippen molar-refractivity contribution in [1.82, 2.24) is 0 Å². The fourth-order valence-corrected chi connectivity index (χ4v) is 2.83. The number of aliphatic hydroxyl groups is 4. The molecule has 0 radical (unpaired) electrons. The standard InChI is InChI=1S/C18H21NO9/c1-2-26-17-11(13(22)15(17)24)19-8-3-5-9(6-4-8)27-18-16(25)14(23)12(21)10(7-20)28-18/h3-6,10,12,14,16,18-21,23,25H,2,7H2,1H3/t10-,12-,14+,16+,18+/m1/s1. The SMILES string of the molecule is CCOc1c(Nc2ccc(O[C@H]3O[C@H](CO)[C@@H](O)[C@H](O)[C@@H]3O)cc2)c(=O)c1=O. The summed E-state index contributed by atoms with van der Waals surface area (Å²) in [6, 6.07) is 6.14. The van der Waals surface area contributed by atoms with Crippen LogP contribution in [0.3, 0.4) is 0 Å². The van der Waals surface area contributed by atoms with Crippen LogP contribution in [0.1, 0.15) is 6.92 Å². The van der Waals surface area contributed by atoms with E-state index in [0.29, 0.717) is 5.69 Å². The van der Waals surface area contributed by atoms with Gasteiger partial charge in [-0.1, -0.05) is 0 Å². The first-order chi connectivity index (χ1) is 13.4. The van der Waals surface area contributed by atoms with Gasteiger partial charge in [0, 0.05) is 5.69 Å². The van der Waals surface area contributed by atoms with Crippen molar-refractivity contribution in [2.75, 3.05) is 18.5 Å². The van der Waals surface area contributed by atoms with E-state index in [0.717, 1.165) is 0 Å². The third-order valence-corrected chi connectivity index (χ3v) is 4.38. The maximum Gasteiger partial charge on any atom is 0.272 e. The number of anilines is 2. The molecule has 10 heteroatoms. The fourth-order valence-electron chi connectivity index (χ4n) is 2.83. The van der Waals surface area contributed by atoms with Crippen LogP contribution in [-0.2, 0) is 4.74 Å². The maximum absolute atomic E-state index is 11.6. The summed E-state index contributed by atoms with van der Waals surface area (Å²) in [6.07, 6.45) is -6.90. The van der Waals surface area contributed by atoms with Crippen LogP contribution in [0, 0.1) is 0 Å². The van der Waals surface area contributed by atoms with Crippen LogP contribution >= 0.6 is 0 Å². The van der Waals surface area contributed by atoms with Crippen molar-refractivity contribution in [3.05, 3.63) is 44.7 Å². The molecule has 2 aromatic carbocycles. The normalized spacial score (nSPS) is 27.5. The van der Waals surface area contributed by atoms with E-state index in [1.165, 1.54) is 12.1 Å². The number of hydrogen-bond acceptors (Lipinski definition) is 10. The van der Waals surface area contributed by atoms with Crippen molar-refractivity contribution in [3.8, 4) is 11.5 Å². The summed E-state index contributed by atoms with van der Waals surface area (Å²) in [7, 11) is 0. The summed E-state index contributed by atoms with van der Waals surface area (Å²) in [6.45, 7) is 1.40. The average molecular weight is 395 g/mol. The third kappa shape index (κ3) is 3.73. The Morgan fingerprint density at radius 3 is 2.32 bits per heavy atom. The molecule has 1 heterocycles. The van der Waals surface area contributed by atoms with E-state index in [2.05, 4.69) is 5.32 Å². The van der Waals surface area contributed by atoms with E-state index in [9.17, 15) is 30.0 Å². The van der Waals surface area contributed by atoms with E-state index in [1.54, 1.807) is 19.1 Å². The lowest BCUT2D eigenvalue weighted by atomic mass is 9.99. The summed E-state index contributed by atoms with van der Waals surface area (Å²) in [5, 5.41) is 41.5. The Morgan fingerprint density at radius 2 is 1.71 bits per heavy atom. The molecule has 0 aromatic heterocycles. The number of aliphatic hydroxyl groups excluding tert-OH is 4. The lowest BCUT2D eigenvalue weighted by Crippen LogP contribution is -2.60. The molecule has 5 atom stereocenters. The van der Waals surface area contributed by atoms with Crippen LogP contribution in [0.25, 0.3) is 0 Å². The van der Waals surface area contributed by atoms with Crippen molar-refractivity contribution in [3.63, 3.8) is 0 Å². The second-order valence-corrected chi connectivity index (χ2v) is 6.26. The lowest BCUT2D eigenvalue weighted by molar-refractivity contribution is -0.277. The first-order valence-corrected chi connectivity index (χ1v) is 8.67. The monoisotopic (exact) mass is 395 g/mol. The van der Waals surface area contributed by atoms with Crippen molar-refractivity contribution in [2.24, 2.45) is 0 Å². The highest BCUT2D eigenvalue weighted by molar-refractivity contribution is 5.70. The Balaban J connectivity index is 1.67. The predicted molar refractivity (Wildman–Crippen MR) is 96.6 cm³/mol. The Morgan fingerprint density at radius 1 is 1.04 bits per heavy atom. The van der Waals surface area contributed by atoms with Gasteiger partial charge in [-0.3, -0.25) is 9.59 Å². The second kappa shape index (κ2) is 8.25. The number of hydrogen-bond donors (Lipinski definition) is 5. The molecule has 1 saturated heterocycles. The van der Waals surface area contributed by atoms with Crippen LogP contribution in [0.4, 0.5) is 11.4 Å². The molecule has 3 rings (SSSR count). The summed E-state index contributed by atoms with van der Waals surface area (Å²) in [4.78, 5) is 23.1. The van der Waals surface area contributed by atoms with E-state index in [1.807, 2.05) is 0 Å². The molecule has 0 saturated carbocycles. The maximum atomic E-state index is 11.6. The van der Waals surface area contributed by atoms with Crippen molar-refractivity contribution >= 4 is 11.4 Å². The third-order valence-electron chi connectivity index (χ3n) is 4.38. The zero-order chi connectivity index (χ0) is 20.4. The van der Waals surface area contributed by atoms with Gasteiger partial charge >= 0.3 is 0 Å². The van der Waals surface area contributed by atoms with Gasteiger partial charge < -0.3 is 40.0 Å². The van der Waals surface area contributed by atoms with Crippen LogP contribution in [0.15, 0.2) is 33.9 Å². The highest BCUT2D eigenvalue weighted by Crippen LogP contribution is 2.27. The van der Waals surface area contributed by atoms with Gasteiger partial charge in [-0.05, 0) is 31.2 Å². The van der Waals surface area contributed by atoms with Gasteiger partial charge in [0.25, 0.3) is 10.9 Å². The Kier molecular flexibility index (Phi) is 5.96. The first kappa shape index (κ1) is 20.2. The smallest absolute Gasteiger partial charge is 0.272 e. The Labute approximate surface area is 159 Å². The van der Waals surface area contributed by atoms with Gasteiger partial charge in [-0.25, -0.2) is 0 Å². The molecule has 10 nitrogen and oxygen atoms in total. The summed E-state index contributed by atoms with van der Waals surface area (Å²) < 4.78 is 15.9. The van der Waals surface area contributed by atoms with Crippen LogP contribution < -0.4 is 25.6 Å². The highest BCUT2D eigenvalue weighted by atomic mass is 16.7. The summed E-state index contributed by atoms with van der Waals surface area (Å²) >= 11 is 0. The Bertz CT molecular complexity index is 872. The van der Waals surface area contributed by atoms with Crippen molar-refractivity contribution in [2.45, 2.75) is 37.6 Å². The minimum atomic E-state index is -1.54. The minimum Gasteiger partial charge on any atom is -0.488 e. The zero-order valence-corrected chi connectivity index (χ0v) is 14.9. The molecule has 0 amide bonds. The van der Waals surface area contributed by atoms with Gasteiger partial charge in [0.1, 0.15) is 35.9 Å². The molecule has 152 valence electrons. The fraction of sp³-hybridized carbons (Fsp3) is 0.444. The van der Waals surface area contributed by atoms with Gasteiger partial charge in [-0.2, -0.15) is 0 Å². The highest BCUT2D eigenvalue weighted by Gasteiger charge is 2.44. The van der Waals surface area contributed by atoms with E-state index in [4.69, 9.17) is 14.2 Å². The Hall–Kier alpha value is -2.50. The molecular weight excluding hydrogens is 374 g/mol. The van der Waals surface area contributed by atoms with E-state index >= 15 is 0 Å². The van der Waals surface area contributed by atoms with E-state index in [-0.39, 0.29) is 23.8 Å².